The van der Waals surface area contributed by atoms with Gasteiger partial charge in [0.2, 0.25) is 5.91 Å². The lowest BCUT2D eigenvalue weighted by Gasteiger charge is -2.08. The average molecular weight is 376 g/mol. The summed E-state index contributed by atoms with van der Waals surface area (Å²) < 4.78 is 0. The highest BCUT2D eigenvalue weighted by molar-refractivity contribution is 7.98. The summed E-state index contributed by atoms with van der Waals surface area (Å²) in [5, 5.41) is 2.99. The second-order valence-electron chi connectivity index (χ2n) is 6.77. The summed E-state index contributed by atoms with van der Waals surface area (Å²) in [6, 6.07) is 24.9. The van der Waals surface area contributed by atoms with Crippen molar-refractivity contribution in [2.24, 2.45) is 0 Å². The van der Waals surface area contributed by atoms with Crippen LogP contribution in [-0.2, 0) is 17.0 Å². The average Bonchev–Trinajstić information content (AvgIpc) is 2.69. The highest BCUT2D eigenvalue weighted by Crippen LogP contribution is 2.23. The smallest absolute Gasteiger partial charge is 0.224 e. The molecule has 0 heterocycles. The summed E-state index contributed by atoms with van der Waals surface area (Å²) in [7, 11) is 0. The van der Waals surface area contributed by atoms with Crippen molar-refractivity contribution in [3.8, 4) is 0 Å². The Bertz CT molecular complexity index is 888. The van der Waals surface area contributed by atoms with Crippen LogP contribution >= 0.6 is 11.8 Å². The van der Waals surface area contributed by atoms with Crippen molar-refractivity contribution in [1.29, 1.82) is 0 Å². The van der Waals surface area contributed by atoms with Crippen LogP contribution in [0.5, 0.6) is 0 Å². The van der Waals surface area contributed by atoms with Crippen LogP contribution in [0.1, 0.15) is 28.7 Å². The lowest BCUT2D eigenvalue weighted by molar-refractivity contribution is -0.116. The topological polar surface area (TPSA) is 29.1 Å². The van der Waals surface area contributed by atoms with Crippen LogP contribution in [0.3, 0.4) is 0 Å². The van der Waals surface area contributed by atoms with Crippen LogP contribution in [0, 0.1) is 13.8 Å². The molecule has 3 aromatic carbocycles. The first-order valence-corrected chi connectivity index (χ1v) is 10.2. The zero-order valence-electron chi connectivity index (χ0n) is 15.9. The van der Waals surface area contributed by atoms with Gasteiger partial charge in [-0.25, -0.2) is 0 Å². The molecule has 27 heavy (non-hydrogen) atoms. The fraction of sp³-hybridized carbons (Fsp3) is 0.208. The number of aryl methyl sites for hydroxylation is 3. The zero-order chi connectivity index (χ0) is 19.1. The molecule has 0 saturated carbocycles. The van der Waals surface area contributed by atoms with E-state index in [1.54, 1.807) is 0 Å². The summed E-state index contributed by atoms with van der Waals surface area (Å²) in [5.41, 5.74) is 5.87. The van der Waals surface area contributed by atoms with Crippen molar-refractivity contribution >= 4 is 23.4 Å². The fourth-order valence-electron chi connectivity index (χ4n) is 2.81. The molecule has 3 heteroatoms. The molecule has 0 aromatic heterocycles. The number of carbonyl (C=O) groups is 1. The standard InChI is InChI=1S/C24H25NOS/c1-18-8-9-20(16-19(18)2)12-15-24(26)25-22-13-10-21(11-14-22)17-27-23-6-4-3-5-7-23/h3-11,13-14,16H,12,15,17H2,1-2H3,(H,25,26). The van der Waals surface area contributed by atoms with E-state index >= 15 is 0 Å². The minimum absolute atomic E-state index is 0.0552. The van der Waals surface area contributed by atoms with E-state index in [2.05, 4.69) is 73.8 Å². The van der Waals surface area contributed by atoms with E-state index < -0.39 is 0 Å². The summed E-state index contributed by atoms with van der Waals surface area (Å²) >= 11 is 1.81. The van der Waals surface area contributed by atoms with E-state index in [1.807, 2.05) is 30.0 Å². The highest BCUT2D eigenvalue weighted by atomic mass is 32.2. The van der Waals surface area contributed by atoms with Crippen LogP contribution in [-0.4, -0.2) is 5.91 Å². The maximum Gasteiger partial charge on any atom is 0.224 e. The van der Waals surface area contributed by atoms with E-state index in [9.17, 15) is 4.79 Å². The molecule has 0 unspecified atom stereocenters. The lowest BCUT2D eigenvalue weighted by atomic mass is 10.0. The Morgan fingerprint density at radius 3 is 2.26 bits per heavy atom. The minimum Gasteiger partial charge on any atom is -0.326 e. The van der Waals surface area contributed by atoms with Gasteiger partial charge in [-0.1, -0.05) is 48.5 Å². The monoisotopic (exact) mass is 375 g/mol. The number of amides is 1. The molecule has 3 aromatic rings. The number of benzene rings is 3. The third kappa shape index (κ3) is 6.00. The van der Waals surface area contributed by atoms with Gasteiger partial charge in [0.1, 0.15) is 0 Å². The quantitative estimate of drug-likeness (QED) is 0.501. The van der Waals surface area contributed by atoms with Gasteiger partial charge in [-0.2, -0.15) is 0 Å². The van der Waals surface area contributed by atoms with Crippen molar-refractivity contribution in [2.45, 2.75) is 37.3 Å². The molecular formula is C24H25NOS. The van der Waals surface area contributed by atoms with Crippen molar-refractivity contribution in [2.75, 3.05) is 5.32 Å². The SMILES string of the molecule is Cc1ccc(CCC(=O)Nc2ccc(CSc3ccccc3)cc2)cc1C. The van der Waals surface area contributed by atoms with Crippen molar-refractivity contribution in [1.82, 2.24) is 0 Å². The van der Waals surface area contributed by atoms with Crippen LogP contribution in [0.25, 0.3) is 0 Å². The van der Waals surface area contributed by atoms with Gasteiger partial charge in [-0.3, -0.25) is 4.79 Å². The van der Waals surface area contributed by atoms with Crippen molar-refractivity contribution in [3.63, 3.8) is 0 Å². The van der Waals surface area contributed by atoms with E-state index in [0.717, 1.165) is 17.9 Å². The first kappa shape index (κ1) is 19.2. The second kappa shape index (κ2) is 9.43. The molecular weight excluding hydrogens is 350 g/mol. The molecule has 0 bridgehead atoms. The molecule has 138 valence electrons. The molecule has 3 rings (SSSR count). The molecule has 2 nitrogen and oxygen atoms in total. The number of hydrogen-bond acceptors (Lipinski definition) is 2. The summed E-state index contributed by atoms with van der Waals surface area (Å²) in [4.78, 5) is 13.5. The molecule has 0 atom stereocenters. The molecule has 0 fully saturated rings. The maximum atomic E-state index is 12.2. The molecule has 1 amide bonds. The number of anilines is 1. The van der Waals surface area contributed by atoms with Crippen LogP contribution in [0.4, 0.5) is 5.69 Å². The van der Waals surface area contributed by atoms with Gasteiger partial charge in [0, 0.05) is 22.8 Å². The van der Waals surface area contributed by atoms with Gasteiger partial charge in [0.15, 0.2) is 0 Å². The summed E-state index contributed by atoms with van der Waals surface area (Å²) in [5.74, 6) is 0.977. The fourth-order valence-corrected chi connectivity index (χ4v) is 3.68. The Balaban J connectivity index is 1.47. The van der Waals surface area contributed by atoms with E-state index in [1.165, 1.54) is 27.1 Å². The first-order valence-electron chi connectivity index (χ1n) is 9.23. The van der Waals surface area contributed by atoms with Gasteiger partial charge in [-0.05, 0) is 66.8 Å². The number of nitrogens with one attached hydrogen (secondary N) is 1. The summed E-state index contributed by atoms with van der Waals surface area (Å²) in [6.45, 7) is 4.21. The predicted molar refractivity (Wildman–Crippen MR) is 115 cm³/mol. The molecule has 0 radical (unpaired) electrons. The Labute approximate surface area is 166 Å². The first-order chi connectivity index (χ1) is 13.1. The Kier molecular flexibility index (Phi) is 6.72. The molecule has 0 aliphatic rings. The van der Waals surface area contributed by atoms with Crippen LogP contribution in [0.15, 0.2) is 77.7 Å². The molecule has 0 spiro atoms. The summed E-state index contributed by atoms with van der Waals surface area (Å²) in [6.07, 6.45) is 1.26. The lowest BCUT2D eigenvalue weighted by Crippen LogP contribution is -2.12. The highest BCUT2D eigenvalue weighted by Gasteiger charge is 2.05. The van der Waals surface area contributed by atoms with Gasteiger partial charge >= 0.3 is 0 Å². The minimum atomic E-state index is 0.0552. The predicted octanol–water partition coefficient (Wildman–Crippen LogP) is 6.17. The van der Waals surface area contributed by atoms with Gasteiger partial charge in [0.25, 0.3) is 0 Å². The number of carbonyl (C=O) groups excluding carboxylic acids is 1. The number of thioether (sulfide) groups is 1. The molecule has 0 saturated heterocycles. The number of rotatable bonds is 7. The Morgan fingerprint density at radius 2 is 1.56 bits per heavy atom. The third-order valence-corrected chi connectivity index (χ3v) is 5.68. The van der Waals surface area contributed by atoms with Crippen molar-refractivity contribution in [3.05, 3.63) is 95.1 Å². The van der Waals surface area contributed by atoms with Gasteiger partial charge in [0.05, 0.1) is 0 Å². The van der Waals surface area contributed by atoms with Gasteiger partial charge in [-0.15, -0.1) is 11.8 Å². The van der Waals surface area contributed by atoms with Crippen LogP contribution < -0.4 is 5.32 Å². The number of hydrogen-bond donors (Lipinski definition) is 1. The molecule has 0 aliphatic carbocycles. The Hall–Kier alpha value is -2.52. The van der Waals surface area contributed by atoms with Crippen molar-refractivity contribution < 1.29 is 4.79 Å². The van der Waals surface area contributed by atoms with Crippen LogP contribution in [0.2, 0.25) is 0 Å². The molecule has 0 aliphatic heterocycles. The van der Waals surface area contributed by atoms with E-state index in [4.69, 9.17) is 0 Å². The largest absolute Gasteiger partial charge is 0.326 e. The van der Waals surface area contributed by atoms with E-state index in [-0.39, 0.29) is 5.91 Å². The molecule has 1 N–H and O–H groups in total. The zero-order valence-corrected chi connectivity index (χ0v) is 16.7. The Morgan fingerprint density at radius 1 is 0.852 bits per heavy atom. The maximum absolute atomic E-state index is 12.2. The second-order valence-corrected chi connectivity index (χ2v) is 7.81. The third-order valence-electron chi connectivity index (χ3n) is 4.60. The van der Waals surface area contributed by atoms with E-state index in [0.29, 0.717) is 6.42 Å². The van der Waals surface area contributed by atoms with Gasteiger partial charge < -0.3 is 5.32 Å². The normalized spacial score (nSPS) is 10.6.